The largest absolute Gasteiger partial charge is 0.449 e. The number of carbonyl (C=O) groups excluding carboxylic acids is 1. The van der Waals surface area contributed by atoms with Gasteiger partial charge in [0.15, 0.2) is 0 Å². The number of carbonyl (C=O) groups is 1. The average molecular weight is 191 g/mol. The Morgan fingerprint density at radius 2 is 1.54 bits per heavy atom. The molecule has 1 heterocycles. The highest BCUT2D eigenvalue weighted by atomic mass is 16.5. The molecule has 0 aromatic rings. The number of alkyl carbamates (subject to hydrolysis) is 1. The summed E-state index contributed by atoms with van der Waals surface area (Å²) in [5.41, 5.74) is 0. The van der Waals surface area contributed by atoms with Crippen molar-refractivity contribution < 1.29 is 9.53 Å². The molecule has 1 rings (SSSR count). The molecule has 1 fully saturated rings. The van der Waals surface area contributed by atoms with Crippen LogP contribution in [0.2, 0.25) is 0 Å². The first-order valence-corrected chi connectivity index (χ1v) is 5.30. The van der Waals surface area contributed by atoms with E-state index in [-0.39, 0.29) is 6.09 Å². The van der Waals surface area contributed by atoms with Crippen molar-refractivity contribution in [2.24, 2.45) is 0 Å². The lowest BCUT2D eigenvalue weighted by atomic mass is 10.4. The minimum Gasteiger partial charge on any atom is -0.449 e. The van der Waals surface area contributed by atoms with Crippen LogP contribution in [-0.2, 0) is 4.74 Å². The number of ether oxygens (including phenoxy) is 1. The summed E-state index contributed by atoms with van der Waals surface area (Å²) in [4.78, 5) is 10.1. The Labute approximate surface area is 82.9 Å². The van der Waals surface area contributed by atoms with Crippen LogP contribution in [0.15, 0.2) is 0 Å². The first kappa shape index (κ1) is 18.1. The third kappa shape index (κ3) is 18.3. The fourth-order valence-electron chi connectivity index (χ4n) is 0.479. The van der Waals surface area contributed by atoms with Crippen molar-refractivity contribution in [1.29, 1.82) is 0 Å². The van der Waals surface area contributed by atoms with Gasteiger partial charge >= 0.3 is 6.09 Å². The minimum atomic E-state index is -0.286. The average Bonchev–Trinajstić information content (AvgIpc) is 2.28. The van der Waals surface area contributed by atoms with E-state index in [1.807, 2.05) is 41.5 Å². The first-order valence-electron chi connectivity index (χ1n) is 5.30. The van der Waals surface area contributed by atoms with E-state index in [1.54, 1.807) is 0 Å². The van der Waals surface area contributed by atoms with E-state index in [0.717, 1.165) is 13.0 Å². The molecule has 3 nitrogen and oxygen atoms in total. The Hall–Kier alpha value is -0.730. The minimum absolute atomic E-state index is 0.286. The van der Waals surface area contributed by atoms with E-state index in [1.165, 1.54) is 0 Å². The maximum Gasteiger partial charge on any atom is 0.407 e. The lowest BCUT2D eigenvalue weighted by Crippen LogP contribution is -2.31. The van der Waals surface area contributed by atoms with Crippen molar-refractivity contribution in [2.75, 3.05) is 13.2 Å². The molecule has 0 aliphatic carbocycles. The van der Waals surface area contributed by atoms with Crippen LogP contribution >= 0.6 is 0 Å². The molecule has 0 spiro atoms. The smallest absolute Gasteiger partial charge is 0.407 e. The Kier molecular flexibility index (Phi) is 31.4. The molecule has 0 atom stereocenters. The highest BCUT2D eigenvalue weighted by Crippen LogP contribution is 1.88. The standard InChI is InChI=1S/C4H7NO2.3C2H6/c6-4-5-2-1-3-7-4;3*1-2/h1-3H2,(H,5,6);3*1-2H3. The molecule has 0 saturated carbocycles. The van der Waals surface area contributed by atoms with Gasteiger partial charge in [0.2, 0.25) is 0 Å². The summed E-state index contributed by atoms with van der Waals surface area (Å²) in [6.07, 6.45) is 0.650. The zero-order valence-electron chi connectivity index (χ0n) is 9.94. The van der Waals surface area contributed by atoms with Crippen LogP contribution in [0.5, 0.6) is 0 Å². The molecule has 0 unspecified atom stereocenters. The fraction of sp³-hybridized carbons (Fsp3) is 0.900. The second-order valence-corrected chi connectivity index (χ2v) is 1.42. The molecule has 0 aromatic carbocycles. The van der Waals surface area contributed by atoms with Crippen LogP contribution in [0.25, 0.3) is 0 Å². The Bertz CT molecular complexity index is 77.0. The van der Waals surface area contributed by atoms with Gasteiger partial charge in [-0.2, -0.15) is 0 Å². The molecule has 1 saturated heterocycles. The van der Waals surface area contributed by atoms with Crippen LogP contribution in [0.4, 0.5) is 4.79 Å². The number of nitrogens with one attached hydrogen (secondary N) is 1. The Morgan fingerprint density at radius 1 is 1.08 bits per heavy atom. The van der Waals surface area contributed by atoms with Gasteiger partial charge in [0.1, 0.15) is 0 Å². The van der Waals surface area contributed by atoms with Crippen molar-refractivity contribution in [2.45, 2.75) is 48.0 Å². The summed E-state index contributed by atoms with van der Waals surface area (Å²) in [5, 5.41) is 2.52. The number of cyclic esters (lactones) is 1. The van der Waals surface area contributed by atoms with Crippen LogP contribution in [0, 0.1) is 0 Å². The predicted molar refractivity (Wildman–Crippen MR) is 58.0 cm³/mol. The van der Waals surface area contributed by atoms with E-state index in [4.69, 9.17) is 0 Å². The molecule has 1 amide bonds. The van der Waals surface area contributed by atoms with Crippen LogP contribution in [0.3, 0.4) is 0 Å². The van der Waals surface area contributed by atoms with Crippen molar-refractivity contribution >= 4 is 6.09 Å². The maximum absolute atomic E-state index is 10.1. The molecule has 0 radical (unpaired) electrons. The molecule has 82 valence electrons. The molecule has 1 N–H and O–H groups in total. The molecule has 1 aliphatic rings. The maximum atomic E-state index is 10.1. The van der Waals surface area contributed by atoms with E-state index >= 15 is 0 Å². The molecule has 1 aliphatic heterocycles. The van der Waals surface area contributed by atoms with Crippen molar-refractivity contribution in [1.82, 2.24) is 5.32 Å². The second kappa shape index (κ2) is 22.5. The third-order valence-corrected chi connectivity index (χ3v) is 0.824. The van der Waals surface area contributed by atoms with Crippen LogP contribution < -0.4 is 5.32 Å². The summed E-state index contributed by atoms with van der Waals surface area (Å²) < 4.78 is 4.53. The van der Waals surface area contributed by atoms with Gasteiger partial charge in [-0.05, 0) is 6.42 Å². The monoisotopic (exact) mass is 191 g/mol. The van der Waals surface area contributed by atoms with Crippen molar-refractivity contribution in [3.05, 3.63) is 0 Å². The highest BCUT2D eigenvalue weighted by Gasteiger charge is 2.04. The summed E-state index contributed by atoms with van der Waals surface area (Å²) in [5.74, 6) is 0. The zero-order valence-corrected chi connectivity index (χ0v) is 9.94. The van der Waals surface area contributed by atoms with E-state index in [9.17, 15) is 4.79 Å². The summed E-state index contributed by atoms with van der Waals surface area (Å²) in [6, 6.07) is 0. The van der Waals surface area contributed by atoms with Gasteiger partial charge in [-0.3, -0.25) is 0 Å². The van der Waals surface area contributed by atoms with Gasteiger partial charge in [-0.1, -0.05) is 41.5 Å². The Morgan fingerprint density at radius 3 is 1.69 bits per heavy atom. The van der Waals surface area contributed by atoms with Gasteiger partial charge in [-0.25, -0.2) is 4.79 Å². The molecule has 0 bridgehead atoms. The molecular formula is C10H25NO2. The Balaban J connectivity index is -0.000000144. The summed E-state index contributed by atoms with van der Waals surface area (Å²) in [6.45, 7) is 13.3. The normalized spacial score (nSPS) is 12.3. The lowest BCUT2D eigenvalue weighted by molar-refractivity contribution is 0.129. The van der Waals surface area contributed by atoms with Gasteiger partial charge < -0.3 is 10.1 Å². The molecule has 0 aromatic heterocycles. The number of rotatable bonds is 0. The predicted octanol–water partition coefficient (Wildman–Crippen LogP) is 3.19. The second-order valence-electron chi connectivity index (χ2n) is 1.42. The number of amides is 1. The van der Waals surface area contributed by atoms with Crippen molar-refractivity contribution in [3.8, 4) is 0 Å². The van der Waals surface area contributed by atoms with Gasteiger partial charge in [0, 0.05) is 6.54 Å². The molecule has 13 heavy (non-hydrogen) atoms. The topological polar surface area (TPSA) is 38.3 Å². The van der Waals surface area contributed by atoms with Gasteiger partial charge in [-0.15, -0.1) is 0 Å². The van der Waals surface area contributed by atoms with Crippen LogP contribution in [-0.4, -0.2) is 19.2 Å². The zero-order chi connectivity index (χ0) is 11.1. The van der Waals surface area contributed by atoms with Gasteiger partial charge in [0.05, 0.1) is 6.61 Å². The first-order chi connectivity index (χ1) is 6.39. The van der Waals surface area contributed by atoms with E-state index in [0.29, 0.717) is 6.61 Å². The van der Waals surface area contributed by atoms with Gasteiger partial charge in [0.25, 0.3) is 0 Å². The van der Waals surface area contributed by atoms with Crippen LogP contribution in [0.1, 0.15) is 48.0 Å². The van der Waals surface area contributed by atoms with E-state index < -0.39 is 0 Å². The lowest BCUT2D eigenvalue weighted by Gasteiger charge is -2.10. The fourth-order valence-corrected chi connectivity index (χ4v) is 0.479. The van der Waals surface area contributed by atoms with E-state index in [2.05, 4.69) is 10.1 Å². The molecular weight excluding hydrogens is 166 g/mol. The SMILES string of the molecule is CC.CC.CC.O=C1NCCCO1. The third-order valence-electron chi connectivity index (χ3n) is 0.824. The quantitative estimate of drug-likeness (QED) is 0.638. The van der Waals surface area contributed by atoms with Crippen molar-refractivity contribution in [3.63, 3.8) is 0 Å². The summed E-state index contributed by atoms with van der Waals surface area (Å²) in [7, 11) is 0. The number of hydrogen-bond donors (Lipinski definition) is 1. The molecule has 3 heteroatoms. The number of hydrogen-bond acceptors (Lipinski definition) is 2. The summed E-state index contributed by atoms with van der Waals surface area (Å²) >= 11 is 0. The highest BCUT2D eigenvalue weighted by molar-refractivity contribution is 5.67.